The van der Waals surface area contributed by atoms with Gasteiger partial charge in [-0.3, -0.25) is 9.59 Å². The number of fused-ring (bicyclic) bond motifs is 1. The van der Waals surface area contributed by atoms with Gasteiger partial charge in [0.1, 0.15) is 11.9 Å². The Labute approximate surface area is 200 Å². The number of hydrogen-bond acceptors (Lipinski definition) is 3. The summed E-state index contributed by atoms with van der Waals surface area (Å²) in [5.41, 5.74) is 3.57. The van der Waals surface area contributed by atoms with Crippen LogP contribution in [0, 0.1) is 25.5 Å². The molecule has 1 aliphatic rings. The average Bonchev–Trinajstić information content (AvgIpc) is 3.17. The Bertz CT molecular complexity index is 1450. The van der Waals surface area contributed by atoms with Gasteiger partial charge in [-0.15, -0.1) is 0 Å². The van der Waals surface area contributed by atoms with E-state index in [1.807, 2.05) is 43.3 Å². The molecule has 0 saturated heterocycles. The normalized spacial score (nSPS) is 17.0. The SMILES string of the molecule is Cc1cccc(C(=O)N[C@@H]2C(=O)Nc3c(c(C)nn3-c3ccccc3)[C@@H]2c2ccc(F)c(F)c2)c1. The lowest BCUT2D eigenvalue weighted by Gasteiger charge is -2.33. The largest absolute Gasteiger partial charge is 0.339 e. The fraction of sp³-hybridized carbons (Fsp3) is 0.148. The van der Waals surface area contributed by atoms with Crippen molar-refractivity contribution in [3.05, 3.63) is 112 Å². The van der Waals surface area contributed by atoms with Crippen molar-refractivity contribution in [3.63, 3.8) is 0 Å². The molecule has 0 saturated carbocycles. The summed E-state index contributed by atoms with van der Waals surface area (Å²) in [7, 11) is 0. The van der Waals surface area contributed by atoms with Crippen molar-refractivity contribution >= 4 is 17.6 Å². The molecule has 3 aromatic carbocycles. The van der Waals surface area contributed by atoms with Crippen LogP contribution in [0.3, 0.4) is 0 Å². The summed E-state index contributed by atoms with van der Waals surface area (Å²) < 4.78 is 29.7. The summed E-state index contributed by atoms with van der Waals surface area (Å²) in [4.78, 5) is 26.5. The zero-order valence-corrected chi connectivity index (χ0v) is 19.0. The van der Waals surface area contributed by atoms with Crippen molar-refractivity contribution in [2.75, 3.05) is 5.32 Å². The minimum Gasteiger partial charge on any atom is -0.339 e. The number of aryl methyl sites for hydroxylation is 2. The summed E-state index contributed by atoms with van der Waals surface area (Å²) in [5, 5.41) is 10.3. The van der Waals surface area contributed by atoms with Crippen molar-refractivity contribution in [2.45, 2.75) is 25.8 Å². The molecule has 2 amide bonds. The summed E-state index contributed by atoms with van der Waals surface area (Å²) in [6.07, 6.45) is 0. The molecule has 2 heterocycles. The Hall–Kier alpha value is -4.33. The van der Waals surface area contributed by atoms with Gasteiger partial charge < -0.3 is 10.6 Å². The Morgan fingerprint density at radius 1 is 0.971 bits per heavy atom. The minimum absolute atomic E-state index is 0.352. The molecular weight excluding hydrogens is 450 g/mol. The van der Waals surface area contributed by atoms with Gasteiger partial charge in [0.25, 0.3) is 5.91 Å². The van der Waals surface area contributed by atoms with E-state index in [2.05, 4.69) is 15.7 Å². The molecule has 0 fully saturated rings. The third-order valence-corrected chi connectivity index (χ3v) is 6.15. The van der Waals surface area contributed by atoms with Crippen molar-refractivity contribution in [3.8, 4) is 5.69 Å². The highest BCUT2D eigenvalue weighted by Crippen LogP contribution is 2.41. The van der Waals surface area contributed by atoms with Crippen LogP contribution in [0.1, 0.15) is 38.7 Å². The highest BCUT2D eigenvalue weighted by molar-refractivity contribution is 6.04. The van der Waals surface area contributed by atoms with E-state index in [1.165, 1.54) is 6.07 Å². The molecule has 2 N–H and O–H groups in total. The number of benzene rings is 3. The van der Waals surface area contributed by atoms with Crippen molar-refractivity contribution in [1.29, 1.82) is 0 Å². The Morgan fingerprint density at radius 2 is 1.74 bits per heavy atom. The van der Waals surface area contributed by atoms with E-state index in [0.29, 0.717) is 28.2 Å². The Balaban J connectivity index is 1.64. The number of nitrogens with zero attached hydrogens (tertiary/aromatic N) is 2. The molecule has 5 rings (SSSR count). The van der Waals surface area contributed by atoms with Crippen LogP contribution < -0.4 is 10.6 Å². The standard InChI is InChI=1S/C27H22F2N4O2/c1-15-7-6-8-18(13-15)26(34)30-24-23(17-11-12-20(28)21(29)14-17)22-16(2)32-33(25(22)31-27(24)35)19-9-4-3-5-10-19/h3-14,23-24H,1-2H3,(H,30,34)(H,31,35)/t23-,24-/m0/s1. The quantitative estimate of drug-likeness (QED) is 0.454. The number of anilines is 1. The van der Waals surface area contributed by atoms with Crippen LogP contribution in [-0.4, -0.2) is 27.6 Å². The van der Waals surface area contributed by atoms with E-state index in [4.69, 9.17) is 0 Å². The van der Waals surface area contributed by atoms with Gasteiger partial charge in [-0.2, -0.15) is 5.10 Å². The molecule has 0 bridgehead atoms. The monoisotopic (exact) mass is 472 g/mol. The maximum Gasteiger partial charge on any atom is 0.251 e. The molecule has 0 aliphatic carbocycles. The number of hydrogen-bond donors (Lipinski definition) is 2. The summed E-state index contributed by atoms with van der Waals surface area (Å²) >= 11 is 0. The van der Waals surface area contributed by atoms with E-state index >= 15 is 0 Å². The zero-order valence-electron chi connectivity index (χ0n) is 19.0. The zero-order chi connectivity index (χ0) is 24.7. The second-order valence-electron chi connectivity index (χ2n) is 8.56. The molecule has 2 atom stereocenters. The minimum atomic E-state index is -1.08. The maximum atomic E-state index is 14.3. The topological polar surface area (TPSA) is 76.0 Å². The lowest BCUT2D eigenvalue weighted by atomic mass is 9.81. The molecule has 0 unspecified atom stereocenters. The van der Waals surface area contributed by atoms with Gasteiger partial charge in [0.15, 0.2) is 11.6 Å². The van der Waals surface area contributed by atoms with E-state index in [0.717, 1.165) is 23.4 Å². The third kappa shape index (κ3) is 4.07. The van der Waals surface area contributed by atoms with Crippen LogP contribution in [-0.2, 0) is 4.79 Å². The van der Waals surface area contributed by atoms with Crippen LogP contribution in [0.5, 0.6) is 0 Å². The molecule has 0 radical (unpaired) electrons. The Kier molecular flexibility index (Phi) is 5.64. The van der Waals surface area contributed by atoms with Crippen molar-refractivity contribution < 1.29 is 18.4 Å². The lowest BCUT2D eigenvalue weighted by Crippen LogP contribution is -2.50. The van der Waals surface area contributed by atoms with E-state index in [-0.39, 0.29) is 0 Å². The fourth-order valence-corrected chi connectivity index (χ4v) is 4.53. The van der Waals surface area contributed by atoms with E-state index in [9.17, 15) is 18.4 Å². The first kappa shape index (κ1) is 22.5. The van der Waals surface area contributed by atoms with Gasteiger partial charge in [-0.1, -0.05) is 42.0 Å². The third-order valence-electron chi connectivity index (χ3n) is 6.15. The fourth-order valence-electron chi connectivity index (χ4n) is 4.53. The molecule has 35 heavy (non-hydrogen) atoms. The lowest BCUT2D eigenvalue weighted by molar-refractivity contribution is -0.118. The maximum absolute atomic E-state index is 14.3. The van der Waals surface area contributed by atoms with Crippen LogP contribution >= 0.6 is 0 Å². The molecule has 6 nitrogen and oxygen atoms in total. The number of carbonyl (C=O) groups is 2. The first-order valence-corrected chi connectivity index (χ1v) is 11.1. The number of para-hydroxylation sites is 1. The molecule has 1 aromatic heterocycles. The number of carbonyl (C=O) groups excluding carboxylic acids is 2. The number of rotatable bonds is 4. The van der Waals surface area contributed by atoms with E-state index in [1.54, 1.807) is 29.8 Å². The molecule has 4 aromatic rings. The smallest absolute Gasteiger partial charge is 0.251 e. The first-order valence-electron chi connectivity index (χ1n) is 11.1. The number of aromatic nitrogens is 2. The van der Waals surface area contributed by atoms with E-state index < -0.39 is 35.4 Å². The predicted octanol–water partition coefficient (Wildman–Crippen LogP) is 4.65. The van der Waals surface area contributed by atoms with Crippen LogP contribution in [0.15, 0.2) is 72.8 Å². The van der Waals surface area contributed by atoms with Gasteiger partial charge in [0, 0.05) is 17.0 Å². The van der Waals surface area contributed by atoms with Crippen molar-refractivity contribution in [1.82, 2.24) is 15.1 Å². The summed E-state index contributed by atoms with van der Waals surface area (Å²) in [6, 6.07) is 18.7. The number of halogens is 2. The van der Waals surface area contributed by atoms with Gasteiger partial charge in [0.05, 0.1) is 11.4 Å². The summed E-state index contributed by atoms with van der Waals surface area (Å²) in [6.45, 7) is 3.64. The molecule has 1 aliphatic heterocycles. The number of amides is 2. The van der Waals surface area contributed by atoms with Crippen LogP contribution in [0.4, 0.5) is 14.6 Å². The highest BCUT2D eigenvalue weighted by atomic mass is 19.2. The second-order valence-corrected chi connectivity index (χ2v) is 8.56. The van der Waals surface area contributed by atoms with Crippen molar-refractivity contribution in [2.24, 2.45) is 0 Å². The second kappa shape index (κ2) is 8.79. The first-order chi connectivity index (χ1) is 16.8. The Morgan fingerprint density at radius 3 is 2.46 bits per heavy atom. The predicted molar refractivity (Wildman–Crippen MR) is 128 cm³/mol. The van der Waals surface area contributed by atoms with Gasteiger partial charge in [-0.05, 0) is 55.8 Å². The van der Waals surface area contributed by atoms with Crippen LogP contribution in [0.25, 0.3) is 5.69 Å². The van der Waals surface area contributed by atoms with Crippen LogP contribution in [0.2, 0.25) is 0 Å². The van der Waals surface area contributed by atoms with Gasteiger partial charge >= 0.3 is 0 Å². The van der Waals surface area contributed by atoms with Gasteiger partial charge in [-0.25, -0.2) is 13.5 Å². The molecule has 8 heteroatoms. The molecule has 176 valence electrons. The van der Waals surface area contributed by atoms with Gasteiger partial charge in [0.2, 0.25) is 5.91 Å². The molecular formula is C27H22F2N4O2. The molecule has 0 spiro atoms. The highest BCUT2D eigenvalue weighted by Gasteiger charge is 2.42. The summed E-state index contributed by atoms with van der Waals surface area (Å²) in [5.74, 6) is -3.32. The average molecular weight is 472 g/mol. The number of nitrogens with one attached hydrogen (secondary N) is 2.